The first-order chi connectivity index (χ1) is 9.13. The van der Waals surface area contributed by atoms with Gasteiger partial charge in [0, 0.05) is 11.1 Å². The summed E-state index contributed by atoms with van der Waals surface area (Å²) in [6.45, 7) is 0. The number of hydrogen-bond donors (Lipinski definition) is 0. The van der Waals surface area contributed by atoms with Crippen LogP contribution in [0.1, 0.15) is 10.4 Å². The maximum absolute atomic E-state index is 13.1. The van der Waals surface area contributed by atoms with Crippen LogP contribution in [0.25, 0.3) is 20.8 Å². The van der Waals surface area contributed by atoms with Crippen LogP contribution in [0, 0.1) is 5.82 Å². The molecule has 1 heterocycles. The minimum atomic E-state index is -0.506. The lowest BCUT2D eigenvalue weighted by Gasteiger charge is -1.97. The van der Waals surface area contributed by atoms with Gasteiger partial charge in [0.25, 0.3) is 5.24 Å². The third-order valence-electron chi connectivity index (χ3n) is 2.69. The van der Waals surface area contributed by atoms with Crippen molar-refractivity contribution in [3.8, 4) is 10.6 Å². The van der Waals surface area contributed by atoms with Gasteiger partial charge in [-0.25, -0.2) is 9.37 Å². The largest absolute Gasteiger partial charge is 0.276 e. The third-order valence-corrected chi connectivity index (χ3v) is 3.97. The zero-order chi connectivity index (χ0) is 13.4. The lowest BCUT2D eigenvalue weighted by Crippen LogP contribution is -1.88. The fraction of sp³-hybridized carbons (Fsp3) is 0. The zero-order valence-corrected chi connectivity index (χ0v) is 11.1. The van der Waals surface area contributed by atoms with Gasteiger partial charge in [0.1, 0.15) is 10.8 Å². The van der Waals surface area contributed by atoms with E-state index in [0.717, 1.165) is 20.8 Å². The van der Waals surface area contributed by atoms with Gasteiger partial charge in [-0.3, -0.25) is 4.79 Å². The normalized spacial score (nSPS) is 10.8. The standard InChI is InChI=1S/C14H7ClFNOS/c15-13(18)8-2-1-3-9(6-8)14-17-11-5-4-10(16)7-12(11)19-14/h1-7H. The molecule has 2 aromatic carbocycles. The molecule has 1 aromatic heterocycles. The molecule has 0 bridgehead atoms. The molecule has 0 fully saturated rings. The van der Waals surface area contributed by atoms with Crippen LogP contribution < -0.4 is 0 Å². The Morgan fingerprint density at radius 1 is 1.21 bits per heavy atom. The van der Waals surface area contributed by atoms with Crippen molar-refractivity contribution in [1.82, 2.24) is 4.98 Å². The highest BCUT2D eigenvalue weighted by molar-refractivity contribution is 7.21. The number of carbonyl (C=O) groups excluding carboxylic acids is 1. The second-order valence-corrected chi connectivity index (χ2v) is 5.36. The van der Waals surface area contributed by atoms with Crippen LogP contribution in [-0.2, 0) is 0 Å². The molecular weight excluding hydrogens is 285 g/mol. The van der Waals surface area contributed by atoms with E-state index < -0.39 is 5.24 Å². The smallest absolute Gasteiger partial charge is 0.252 e. The summed E-state index contributed by atoms with van der Waals surface area (Å²) in [6.07, 6.45) is 0. The number of fused-ring (bicyclic) bond motifs is 1. The molecule has 0 amide bonds. The molecule has 2 nitrogen and oxygen atoms in total. The third kappa shape index (κ3) is 2.37. The molecule has 0 radical (unpaired) electrons. The van der Waals surface area contributed by atoms with Crippen LogP contribution >= 0.6 is 22.9 Å². The van der Waals surface area contributed by atoms with Gasteiger partial charge in [-0.2, -0.15) is 0 Å². The van der Waals surface area contributed by atoms with Crippen LogP contribution in [0.3, 0.4) is 0 Å². The summed E-state index contributed by atoms with van der Waals surface area (Å²) in [4.78, 5) is 15.6. The maximum Gasteiger partial charge on any atom is 0.252 e. The maximum atomic E-state index is 13.1. The molecule has 3 aromatic rings. The first-order valence-corrected chi connectivity index (χ1v) is 6.69. The van der Waals surface area contributed by atoms with E-state index in [2.05, 4.69) is 4.98 Å². The molecule has 94 valence electrons. The van der Waals surface area contributed by atoms with E-state index in [1.807, 2.05) is 6.07 Å². The number of halogens is 2. The SMILES string of the molecule is O=C(Cl)c1cccc(-c2nc3ccc(F)cc3s2)c1. The van der Waals surface area contributed by atoms with Crippen LogP contribution in [0.4, 0.5) is 4.39 Å². The van der Waals surface area contributed by atoms with E-state index in [0.29, 0.717) is 5.56 Å². The summed E-state index contributed by atoms with van der Waals surface area (Å²) in [7, 11) is 0. The number of aromatic nitrogens is 1. The van der Waals surface area contributed by atoms with Crippen LogP contribution in [-0.4, -0.2) is 10.2 Å². The Morgan fingerprint density at radius 3 is 2.84 bits per heavy atom. The van der Waals surface area contributed by atoms with Crippen molar-refractivity contribution in [3.63, 3.8) is 0 Å². The minimum absolute atomic E-state index is 0.285. The topological polar surface area (TPSA) is 30.0 Å². The van der Waals surface area contributed by atoms with Crippen LogP contribution in [0.2, 0.25) is 0 Å². The minimum Gasteiger partial charge on any atom is -0.276 e. The first kappa shape index (κ1) is 12.3. The monoisotopic (exact) mass is 291 g/mol. The number of nitrogens with zero attached hydrogens (tertiary/aromatic N) is 1. The summed E-state index contributed by atoms with van der Waals surface area (Å²) >= 11 is 6.84. The van der Waals surface area contributed by atoms with E-state index in [4.69, 9.17) is 11.6 Å². The number of thiazole rings is 1. The van der Waals surface area contributed by atoms with Crippen molar-refractivity contribution in [2.24, 2.45) is 0 Å². The summed E-state index contributed by atoms with van der Waals surface area (Å²) < 4.78 is 13.9. The highest BCUT2D eigenvalue weighted by Crippen LogP contribution is 2.31. The summed E-state index contributed by atoms with van der Waals surface area (Å²) in [5.41, 5.74) is 1.96. The van der Waals surface area contributed by atoms with Gasteiger partial charge in [-0.1, -0.05) is 18.2 Å². The Hall–Kier alpha value is -1.78. The number of rotatable bonds is 2. The van der Waals surface area contributed by atoms with Gasteiger partial charge in [0.2, 0.25) is 0 Å². The van der Waals surface area contributed by atoms with E-state index in [1.165, 1.54) is 23.5 Å². The molecule has 0 unspecified atom stereocenters. The molecule has 0 saturated carbocycles. The van der Waals surface area contributed by atoms with Gasteiger partial charge < -0.3 is 0 Å². The Morgan fingerprint density at radius 2 is 2.05 bits per heavy atom. The first-order valence-electron chi connectivity index (χ1n) is 5.50. The molecule has 0 aliphatic rings. The van der Waals surface area contributed by atoms with Crippen molar-refractivity contribution < 1.29 is 9.18 Å². The Bertz CT molecular complexity index is 784. The Balaban J connectivity index is 2.13. The summed E-state index contributed by atoms with van der Waals surface area (Å²) in [5.74, 6) is -0.285. The number of hydrogen-bond acceptors (Lipinski definition) is 3. The molecule has 19 heavy (non-hydrogen) atoms. The molecule has 0 spiro atoms. The van der Waals surface area contributed by atoms with Gasteiger partial charge in [-0.15, -0.1) is 11.3 Å². The molecule has 5 heteroatoms. The van der Waals surface area contributed by atoms with E-state index in [1.54, 1.807) is 24.3 Å². The number of carbonyl (C=O) groups is 1. The van der Waals surface area contributed by atoms with Crippen molar-refractivity contribution in [1.29, 1.82) is 0 Å². The van der Waals surface area contributed by atoms with Crippen molar-refractivity contribution in [3.05, 3.63) is 53.8 Å². The van der Waals surface area contributed by atoms with E-state index in [-0.39, 0.29) is 5.82 Å². The predicted molar refractivity (Wildman–Crippen MR) is 75.2 cm³/mol. The van der Waals surface area contributed by atoms with Gasteiger partial charge >= 0.3 is 0 Å². The Labute approximate surface area is 117 Å². The van der Waals surface area contributed by atoms with Crippen molar-refractivity contribution >= 4 is 38.4 Å². The molecule has 0 aliphatic carbocycles. The Kier molecular flexibility index (Phi) is 3.05. The quantitative estimate of drug-likeness (QED) is 0.652. The van der Waals surface area contributed by atoms with Crippen LogP contribution in [0.5, 0.6) is 0 Å². The second kappa shape index (κ2) is 4.72. The zero-order valence-electron chi connectivity index (χ0n) is 9.56. The van der Waals surface area contributed by atoms with Gasteiger partial charge in [-0.05, 0) is 35.9 Å². The lowest BCUT2D eigenvalue weighted by atomic mass is 10.1. The average Bonchev–Trinajstić information content (AvgIpc) is 2.81. The van der Waals surface area contributed by atoms with Crippen LogP contribution in [0.15, 0.2) is 42.5 Å². The molecular formula is C14H7ClFNOS. The van der Waals surface area contributed by atoms with E-state index >= 15 is 0 Å². The molecule has 0 N–H and O–H groups in total. The fourth-order valence-corrected chi connectivity index (χ4v) is 2.90. The highest BCUT2D eigenvalue weighted by atomic mass is 35.5. The fourth-order valence-electron chi connectivity index (χ4n) is 1.80. The summed E-state index contributed by atoms with van der Waals surface area (Å²) in [5, 5.41) is 0.231. The predicted octanol–water partition coefficient (Wildman–Crippen LogP) is 4.48. The average molecular weight is 292 g/mol. The van der Waals surface area contributed by atoms with Gasteiger partial charge in [0.15, 0.2) is 0 Å². The number of benzene rings is 2. The molecule has 3 rings (SSSR count). The molecule has 0 aliphatic heterocycles. The molecule has 0 saturated heterocycles. The lowest BCUT2D eigenvalue weighted by molar-refractivity contribution is 0.108. The highest BCUT2D eigenvalue weighted by Gasteiger charge is 2.09. The van der Waals surface area contributed by atoms with Gasteiger partial charge in [0.05, 0.1) is 10.2 Å². The molecule has 0 atom stereocenters. The second-order valence-electron chi connectivity index (χ2n) is 3.99. The summed E-state index contributed by atoms with van der Waals surface area (Å²) in [6, 6.07) is 11.4. The van der Waals surface area contributed by atoms with Crippen molar-refractivity contribution in [2.75, 3.05) is 0 Å². The van der Waals surface area contributed by atoms with E-state index in [9.17, 15) is 9.18 Å². The van der Waals surface area contributed by atoms with Crippen molar-refractivity contribution in [2.45, 2.75) is 0 Å².